The van der Waals surface area contributed by atoms with Crippen LogP contribution in [0.25, 0.3) is 0 Å². The van der Waals surface area contributed by atoms with E-state index in [-0.39, 0.29) is 12.1 Å². The fourth-order valence-electron chi connectivity index (χ4n) is 1.60. The maximum Gasteiger partial charge on any atom is 0.335 e. The first-order valence-corrected chi connectivity index (χ1v) is 6.10. The van der Waals surface area contributed by atoms with E-state index in [1.807, 2.05) is 0 Å². The van der Waals surface area contributed by atoms with Crippen molar-refractivity contribution >= 4 is 29.2 Å². The Balaban J connectivity index is 2.34. The molecule has 0 atom stereocenters. The summed E-state index contributed by atoms with van der Waals surface area (Å²) in [5.41, 5.74) is 0.297. The number of rotatable bonds is 3. The molecular weight excluding hydrogens is 289 g/mol. The van der Waals surface area contributed by atoms with Crippen molar-refractivity contribution in [1.29, 1.82) is 0 Å². The highest BCUT2D eigenvalue weighted by atomic mass is 35.5. The Hall–Kier alpha value is -1.78. The number of halogens is 2. The summed E-state index contributed by atoms with van der Waals surface area (Å²) in [6.45, 7) is 0.259. The molecule has 4 nitrogen and oxygen atoms in total. The lowest BCUT2D eigenvalue weighted by Crippen LogP contribution is -2.20. The third-order valence-electron chi connectivity index (χ3n) is 2.60. The van der Waals surface area contributed by atoms with E-state index in [1.54, 1.807) is 18.2 Å². The molecule has 1 heterocycles. The topological polar surface area (TPSA) is 59.3 Å². The van der Waals surface area contributed by atoms with Crippen LogP contribution in [-0.2, 0) is 6.54 Å². The van der Waals surface area contributed by atoms with Crippen LogP contribution in [0.3, 0.4) is 0 Å². The molecule has 1 aromatic carbocycles. The van der Waals surface area contributed by atoms with Crippen LogP contribution < -0.4 is 5.56 Å². The molecule has 2 aromatic rings. The molecule has 6 heteroatoms. The SMILES string of the molecule is O=C(O)c1ccn(Cc2ccc(Cl)cc2Cl)c(=O)c1. The highest BCUT2D eigenvalue weighted by Gasteiger charge is 2.07. The predicted octanol–water partition coefficient (Wildman–Crippen LogP) is 2.90. The molecule has 0 aliphatic heterocycles. The lowest BCUT2D eigenvalue weighted by molar-refractivity contribution is 0.0696. The zero-order chi connectivity index (χ0) is 14.0. The number of carboxylic acid groups (broad SMARTS) is 1. The minimum atomic E-state index is -1.13. The van der Waals surface area contributed by atoms with Crippen LogP contribution in [0.2, 0.25) is 10.0 Å². The van der Waals surface area contributed by atoms with Crippen LogP contribution in [0.1, 0.15) is 15.9 Å². The van der Waals surface area contributed by atoms with Gasteiger partial charge in [-0.05, 0) is 23.8 Å². The normalized spacial score (nSPS) is 10.4. The van der Waals surface area contributed by atoms with Gasteiger partial charge in [0.15, 0.2) is 0 Å². The number of hydrogen-bond acceptors (Lipinski definition) is 2. The van der Waals surface area contributed by atoms with Crippen LogP contribution in [0.5, 0.6) is 0 Å². The summed E-state index contributed by atoms with van der Waals surface area (Å²) in [7, 11) is 0. The molecule has 19 heavy (non-hydrogen) atoms. The van der Waals surface area contributed by atoms with Crippen LogP contribution in [0.15, 0.2) is 41.3 Å². The molecule has 0 radical (unpaired) electrons. The molecule has 0 unspecified atom stereocenters. The van der Waals surface area contributed by atoms with Crippen molar-refractivity contribution in [2.45, 2.75) is 6.54 Å². The summed E-state index contributed by atoms with van der Waals surface area (Å²) < 4.78 is 1.38. The van der Waals surface area contributed by atoms with Gasteiger partial charge in [-0.2, -0.15) is 0 Å². The van der Waals surface area contributed by atoms with Crippen LogP contribution >= 0.6 is 23.2 Å². The van der Waals surface area contributed by atoms with Gasteiger partial charge < -0.3 is 9.67 Å². The minimum Gasteiger partial charge on any atom is -0.478 e. The van der Waals surface area contributed by atoms with Gasteiger partial charge in [0.05, 0.1) is 12.1 Å². The number of hydrogen-bond donors (Lipinski definition) is 1. The summed E-state index contributed by atoms with van der Waals surface area (Å²) in [5.74, 6) is -1.13. The summed E-state index contributed by atoms with van der Waals surface area (Å²) in [5, 5.41) is 9.76. The van der Waals surface area contributed by atoms with E-state index in [0.717, 1.165) is 11.6 Å². The average Bonchev–Trinajstić information content (AvgIpc) is 2.34. The lowest BCUT2D eigenvalue weighted by atomic mass is 10.2. The molecule has 0 saturated heterocycles. The highest BCUT2D eigenvalue weighted by Crippen LogP contribution is 2.21. The smallest absolute Gasteiger partial charge is 0.335 e. The number of carboxylic acids is 1. The van der Waals surface area contributed by atoms with Crippen LogP contribution in [0, 0.1) is 0 Å². The second-order valence-electron chi connectivity index (χ2n) is 3.92. The first-order valence-electron chi connectivity index (χ1n) is 5.35. The Morgan fingerprint density at radius 3 is 2.53 bits per heavy atom. The monoisotopic (exact) mass is 297 g/mol. The second kappa shape index (κ2) is 5.47. The molecule has 1 aromatic heterocycles. The predicted molar refractivity (Wildman–Crippen MR) is 73.2 cm³/mol. The molecule has 1 N–H and O–H groups in total. The van der Waals surface area contributed by atoms with Crippen molar-refractivity contribution in [3.63, 3.8) is 0 Å². The van der Waals surface area contributed by atoms with E-state index in [9.17, 15) is 9.59 Å². The van der Waals surface area contributed by atoms with Crippen molar-refractivity contribution in [3.05, 3.63) is 68.1 Å². The Bertz CT molecular complexity index is 695. The Labute approximate surface area is 118 Å². The van der Waals surface area contributed by atoms with Gasteiger partial charge in [0.25, 0.3) is 5.56 Å². The molecule has 0 bridgehead atoms. The quantitative estimate of drug-likeness (QED) is 0.947. The fraction of sp³-hybridized carbons (Fsp3) is 0.0769. The first-order chi connectivity index (χ1) is 8.97. The Kier molecular flexibility index (Phi) is 3.93. The van der Waals surface area contributed by atoms with E-state index in [1.165, 1.54) is 16.8 Å². The summed E-state index contributed by atoms with van der Waals surface area (Å²) in [6.07, 6.45) is 1.43. The molecule has 2 rings (SSSR count). The zero-order valence-electron chi connectivity index (χ0n) is 9.64. The van der Waals surface area contributed by atoms with E-state index in [4.69, 9.17) is 28.3 Å². The molecule has 0 fully saturated rings. The van der Waals surface area contributed by atoms with Crippen LogP contribution in [0.4, 0.5) is 0 Å². The molecule has 0 spiro atoms. The summed E-state index contributed by atoms with van der Waals surface area (Å²) >= 11 is 11.8. The largest absolute Gasteiger partial charge is 0.478 e. The third-order valence-corrected chi connectivity index (χ3v) is 3.19. The molecule has 0 aliphatic rings. The van der Waals surface area contributed by atoms with Gasteiger partial charge in [-0.1, -0.05) is 29.3 Å². The molecule has 98 valence electrons. The van der Waals surface area contributed by atoms with Crippen molar-refractivity contribution in [3.8, 4) is 0 Å². The number of benzene rings is 1. The number of pyridine rings is 1. The van der Waals surface area contributed by atoms with Crippen molar-refractivity contribution in [2.75, 3.05) is 0 Å². The highest BCUT2D eigenvalue weighted by molar-refractivity contribution is 6.35. The first kappa shape index (κ1) is 13.6. The Morgan fingerprint density at radius 2 is 1.95 bits per heavy atom. The fourth-order valence-corrected chi connectivity index (χ4v) is 2.07. The van der Waals surface area contributed by atoms with E-state index in [0.29, 0.717) is 10.0 Å². The van der Waals surface area contributed by atoms with Crippen molar-refractivity contribution in [2.24, 2.45) is 0 Å². The summed E-state index contributed by atoms with van der Waals surface area (Å²) in [4.78, 5) is 22.5. The molecule has 0 saturated carbocycles. The molecular formula is C13H9Cl2NO3. The number of aromatic carboxylic acids is 1. The maximum absolute atomic E-state index is 11.8. The van der Waals surface area contributed by atoms with Gasteiger partial charge in [-0.3, -0.25) is 4.79 Å². The second-order valence-corrected chi connectivity index (χ2v) is 4.77. The third kappa shape index (κ3) is 3.16. The lowest BCUT2D eigenvalue weighted by Gasteiger charge is -2.08. The van der Waals surface area contributed by atoms with Gasteiger partial charge in [0, 0.05) is 22.3 Å². The van der Waals surface area contributed by atoms with E-state index >= 15 is 0 Å². The zero-order valence-corrected chi connectivity index (χ0v) is 11.1. The molecule has 0 amide bonds. The van der Waals surface area contributed by atoms with Gasteiger partial charge in [0.1, 0.15) is 0 Å². The molecule has 0 aliphatic carbocycles. The Morgan fingerprint density at radius 1 is 1.21 bits per heavy atom. The van der Waals surface area contributed by atoms with Gasteiger partial charge >= 0.3 is 5.97 Å². The van der Waals surface area contributed by atoms with Gasteiger partial charge in [-0.15, -0.1) is 0 Å². The van der Waals surface area contributed by atoms with E-state index in [2.05, 4.69) is 0 Å². The minimum absolute atomic E-state index is 0.0385. The van der Waals surface area contributed by atoms with Crippen molar-refractivity contribution in [1.82, 2.24) is 4.57 Å². The van der Waals surface area contributed by atoms with Gasteiger partial charge in [0.2, 0.25) is 0 Å². The van der Waals surface area contributed by atoms with Crippen molar-refractivity contribution < 1.29 is 9.90 Å². The maximum atomic E-state index is 11.8. The standard InChI is InChI=1S/C13H9Cl2NO3/c14-10-2-1-9(11(15)6-10)7-16-4-3-8(13(18)19)5-12(16)17/h1-6H,7H2,(H,18,19). The number of nitrogens with zero attached hydrogens (tertiary/aromatic N) is 1. The van der Waals surface area contributed by atoms with Crippen LogP contribution in [-0.4, -0.2) is 15.6 Å². The summed E-state index contributed by atoms with van der Waals surface area (Å²) in [6, 6.07) is 7.44. The number of carbonyl (C=O) groups is 1. The van der Waals surface area contributed by atoms with E-state index < -0.39 is 11.5 Å². The van der Waals surface area contributed by atoms with Gasteiger partial charge in [-0.25, -0.2) is 4.79 Å². The average molecular weight is 298 g/mol. The number of aromatic nitrogens is 1.